The number of anilines is 1. The number of hydrogen-bond donors (Lipinski definition) is 1. The normalized spacial score (nSPS) is 11.0. The van der Waals surface area contributed by atoms with Gasteiger partial charge in [-0.15, -0.1) is 0 Å². The minimum Gasteiger partial charge on any atom is -0.382 e. The minimum atomic E-state index is -0.336. The summed E-state index contributed by atoms with van der Waals surface area (Å²) in [5, 5.41) is 4.08. The summed E-state index contributed by atoms with van der Waals surface area (Å²) in [6.07, 6.45) is 3.00. The SMILES string of the molecule is Cc1cc(-c2ccn3nc(N)cc3c2)c(F)cn1. The molecule has 0 saturated heterocycles. The van der Waals surface area contributed by atoms with E-state index in [1.807, 2.05) is 13.0 Å². The second kappa shape index (κ2) is 3.80. The molecule has 0 radical (unpaired) electrons. The van der Waals surface area contributed by atoms with Gasteiger partial charge < -0.3 is 5.73 Å². The van der Waals surface area contributed by atoms with Gasteiger partial charge in [-0.05, 0) is 30.7 Å². The third-order valence-electron chi connectivity index (χ3n) is 2.79. The summed E-state index contributed by atoms with van der Waals surface area (Å²) in [6, 6.07) is 7.12. The number of nitrogens with zero attached hydrogens (tertiary/aromatic N) is 3. The number of nitrogen functional groups attached to an aromatic ring is 1. The lowest BCUT2D eigenvalue weighted by molar-refractivity contribution is 0.624. The van der Waals surface area contributed by atoms with Gasteiger partial charge in [0.15, 0.2) is 0 Å². The number of halogens is 1. The molecule has 0 unspecified atom stereocenters. The van der Waals surface area contributed by atoms with E-state index in [1.165, 1.54) is 6.20 Å². The molecule has 5 heteroatoms. The van der Waals surface area contributed by atoms with E-state index in [4.69, 9.17) is 5.73 Å². The molecule has 0 spiro atoms. The van der Waals surface area contributed by atoms with E-state index in [2.05, 4.69) is 10.1 Å². The summed E-state index contributed by atoms with van der Waals surface area (Å²) in [4.78, 5) is 3.92. The standard InChI is InChI=1S/C13H11FN4/c1-8-4-11(12(14)7-16-8)9-2-3-18-10(5-9)6-13(15)17-18/h2-7H,1H3,(H2,15,17). The van der Waals surface area contributed by atoms with Gasteiger partial charge in [0.05, 0.1) is 11.7 Å². The van der Waals surface area contributed by atoms with Crippen molar-refractivity contribution in [3.63, 3.8) is 0 Å². The molecule has 3 aromatic heterocycles. The Morgan fingerprint density at radius 1 is 1.28 bits per heavy atom. The van der Waals surface area contributed by atoms with Crippen LogP contribution in [-0.4, -0.2) is 14.6 Å². The van der Waals surface area contributed by atoms with Crippen LogP contribution in [0.1, 0.15) is 5.69 Å². The van der Waals surface area contributed by atoms with Crippen molar-refractivity contribution in [3.05, 3.63) is 48.2 Å². The first-order valence-corrected chi connectivity index (χ1v) is 5.51. The van der Waals surface area contributed by atoms with Crippen molar-refractivity contribution >= 4 is 11.3 Å². The zero-order valence-corrected chi connectivity index (χ0v) is 9.76. The summed E-state index contributed by atoms with van der Waals surface area (Å²) in [7, 11) is 0. The second-order valence-electron chi connectivity index (χ2n) is 4.16. The summed E-state index contributed by atoms with van der Waals surface area (Å²) >= 11 is 0. The van der Waals surface area contributed by atoms with E-state index in [0.29, 0.717) is 11.4 Å². The minimum absolute atomic E-state index is 0.336. The van der Waals surface area contributed by atoms with E-state index in [1.54, 1.807) is 28.9 Å². The smallest absolute Gasteiger partial charge is 0.149 e. The van der Waals surface area contributed by atoms with Crippen molar-refractivity contribution in [3.8, 4) is 11.1 Å². The number of aromatic nitrogens is 3. The maximum atomic E-state index is 13.8. The predicted molar refractivity (Wildman–Crippen MR) is 67.5 cm³/mol. The van der Waals surface area contributed by atoms with Gasteiger partial charge in [0.2, 0.25) is 0 Å². The van der Waals surface area contributed by atoms with E-state index in [-0.39, 0.29) is 5.82 Å². The van der Waals surface area contributed by atoms with Gasteiger partial charge in [-0.2, -0.15) is 5.10 Å². The molecule has 0 aromatic carbocycles. The molecule has 0 atom stereocenters. The van der Waals surface area contributed by atoms with Crippen LogP contribution in [0.5, 0.6) is 0 Å². The average Bonchev–Trinajstić information content (AvgIpc) is 2.71. The Hall–Kier alpha value is -2.43. The zero-order chi connectivity index (χ0) is 12.7. The first kappa shape index (κ1) is 10.7. The molecule has 0 saturated carbocycles. The van der Waals surface area contributed by atoms with Gasteiger partial charge in [0.25, 0.3) is 0 Å². The molecule has 0 fully saturated rings. The van der Waals surface area contributed by atoms with Gasteiger partial charge in [-0.1, -0.05) is 0 Å². The van der Waals surface area contributed by atoms with Crippen LogP contribution < -0.4 is 5.73 Å². The highest BCUT2D eigenvalue weighted by molar-refractivity contribution is 5.70. The second-order valence-corrected chi connectivity index (χ2v) is 4.16. The van der Waals surface area contributed by atoms with Crippen molar-refractivity contribution in [1.82, 2.24) is 14.6 Å². The van der Waals surface area contributed by atoms with E-state index >= 15 is 0 Å². The van der Waals surface area contributed by atoms with E-state index in [9.17, 15) is 4.39 Å². The molecule has 0 aliphatic rings. The van der Waals surface area contributed by atoms with Gasteiger partial charge in [0.1, 0.15) is 11.6 Å². The fourth-order valence-electron chi connectivity index (χ4n) is 1.95. The summed E-state index contributed by atoms with van der Waals surface area (Å²) in [5.41, 5.74) is 8.54. The summed E-state index contributed by atoms with van der Waals surface area (Å²) in [6.45, 7) is 1.83. The molecule has 4 nitrogen and oxygen atoms in total. The van der Waals surface area contributed by atoms with Crippen molar-refractivity contribution in [2.45, 2.75) is 6.92 Å². The highest BCUT2D eigenvalue weighted by atomic mass is 19.1. The van der Waals surface area contributed by atoms with E-state index < -0.39 is 0 Å². The van der Waals surface area contributed by atoms with Crippen molar-refractivity contribution in [2.75, 3.05) is 5.73 Å². The molecule has 0 aliphatic heterocycles. The van der Waals surface area contributed by atoms with Crippen molar-refractivity contribution < 1.29 is 4.39 Å². The Kier molecular flexibility index (Phi) is 2.26. The Balaban J connectivity index is 2.21. The highest BCUT2D eigenvalue weighted by Crippen LogP contribution is 2.24. The molecule has 3 aromatic rings. The van der Waals surface area contributed by atoms with Gasteiger partial charge >= 0.3 is 0 Å². The average molecular weight is 242 g/mol. The Labute approximate surface area is 103 Å². The third-order valence-corrected chi connectivity index (χ3v) is 2.79. The number of rotatable bonds is 1. The zero-order valence-electron chi connectivity index (χ0n) is 9.76. The van der Waals surface area contributed by atoms with Crippen LogP contribution in [0.15, 0.2) is 36.7 Å². The van der Waals surface area contributed by atoms with Crippen LogP contribution in [0.25, 0.3) is 16.6 Å². The van der Waals surface area contributed by atoms with Gasteiger partial charge in [-0.3, -0.25) is 4.98 Å². The maximum Gasteiger partial charge on any atom is 0.149 e. The molecular weight excluding hydrogens is 231 g/mol. The first-order valence-electron chi connectivity index (χ1n) is 5.51. The van der Waals surface area contributed by atoms with Crippen LogP contribution >= 0.6 is 0 Å². The number of pyridine rings is 2. The molecule has 0 bridgehead atoms. The monoisotopic (exact) mass is 242 g/mol. The van der Waals surface area contributed by atoms with Gasteiger partial charge in [-0.25, -0.2) is 8.91 Å². The number of hydrogen-bond acceptors (Lipinski definition) is 3. The van der Waals surface area contributed by atoms with Crippen LogP contribution in [-0.2, 0) is 0 Å². The van der Waals surface area contributed by atoms with Crippen LogP contribution in [0.3, 0.4) is 0 Å². The summed E-state index contributed by atoms with van der Waals surface area (Å²) in [5.74, 6) is 0.107. The van der Waals surface area contributed by atoms with Gasteiger partial charge in [0, 0.05) is 23.5 Å². The molecule has 0 aliphatic carbocycles. The topological polar surface area (TPSA) is 56.2 Å². The molecule has 2 N–H and O–H groups in total. The number of aryl methyl sites for hydroxylation is 1. The lowest BCUT2D eigenvalue weighted by atomic mass is 10.1. The molecule has 0 amide bonds. The lowest BCUT2D eigenvalue weighted by Gasteiger charge is -2.04. The van der Waals surface area contributed by atoms with Crippen LogP contribution in [0.4, 0.5) is 10.2 Å². The number of nitrogens with two attached hydrogens (primary N) is 1. The fraction of sp³-hybridized carbons (Fsp3) is 0.0769. The molecule has 90 valence electrons. The Bertz CT molecular complexity index is 733. The van der Waals surface area contributed by atoms with E-state index in [0.717, 1.165) is 16.8 Å². The van der Waals surface area contributed by atoms with Crippen LogP contribution in [0, 0.1) is 12.7 Å². The third kappa shape index (κ3) is 1.69. The Morgan fingerprint density at radius 2 is 2.11 bits per heavy atom. The largest absolute Gasteiger partial charge is 0.382 e. The number of fused-ring (bicyclic) bond motifs is 1. The molecule has 18 heavy (non-hydrogen) atoms. The van der Waals surface area contributed by atoms with Crippen molar-refractivity contribution in [2.24, 2.45) is 0 Å². The molecule has 3 rings (SSSR count). The van der Waals surface area contributed by atoms with Crippen molar-refractivity contribution in [1.29, 1.82) is 0 Å². The summed E-state index contributed by atoms with van der Waals surface area (Å²) < 4.78 is 15.4. The lowest BCUT2D eigenvalue weighted by Crippen LogP contribution is -1.92. The predicted octanol–water partition coefficient (Wildman–Crippen LogP) is 2.43. The quantitative estimate of drug-likeness (QED) is 0.713. The molecule has 3 heterocycles. The fourth-order valence-corrected chi connectivity index (χ4v) is 1.95. The highest BCUT2D eigenvalue weighted by Gasteiger charge is 2.07. The molecular formula is C13H11FN4. The first-order chi connectivity index (χ1) is 8.63. The van der Waals surface area contributed by atoms with Crippen LogP contribution in [0.2, 0.25) is 0 Å². The Morgan fingerprint density at radius 3 is 2.94 bits per heavy atom. The maximum absolute atomic E-state index is 13.8.